The van der Waals surface area contributed by atoms with Gasteiger partial charge in [-0.2, -0.15) is 0 Å². The number of nitrogens with one attached hydrogen (secondary N) is 1. The third-order valence-electron chi connectivity index (χ3n) is 2.45. The molecule has 0 amide bonds. The van der Waals surface area contributed by atoms with E-state index in [0.29, 0.717) is 6.54 Å². The first-order chi connectivity index (χ1) is 8.45. The monoisotopic (exact) mass is 265 g/mol. The normalized spacial score (nSPS) is 12.6. The standard InChI is InChI=1S/C12H12F5N/c1-3-5-6(18-4-2)7-8(13)10(15)12(17)11(16)9(7)14/h3,6,18H,1,4-5H2,2H3. The Balaban J connectivity index is 3.42. The Morgan fingerprint density at radius 1 is 1.00 bits per heavy atom. The van der Waals surface area contributed by atoms with Crippen molar-refractivity contribution in [1.29, 1.82) is 0 Å². The average Bonchev–Trinajstić information content (AvgIpc) is 2.35. The molecule has 18 heavy (non-hydrogen) atoms. The second-order valence-electron chi connectivity index (χ2n) is 3.62. The Hall–Kier alpha value is -1.43. The van der Waals surface area contributed by atoms with Crippen LogP contribution in [0.15, 0.2) is 12.7 Å². The van der Waals surface area contributed by atoms with Gasteiger partial charge in [0.25, 0.3) is 0 Å². The first-order valence-electron chi connectivity index (χ1n) is 5.31. The smallest absolute Gasteiger partial charge is 0.200 e. The van der Waals surface area contributed by atoms with Crippen LogP contribution < -0.4 is 5.32 Å². The van der Waals surface area contributed by atoms with Gasteiger partial charge in [0.05, 0.1) is 0 Å². The quantitative estimate of drug-likeness (QED) is 0.371. The van der Waals surface area contributed by atoms with Crippen LogP contribution in [0.3, 0.4) is 0 Å². The maximum Gasteiger partial charge on any atom is 0.200 e. The molecule has 1 rings (SSSR count). The van der Waals surface area contributed by atoms with Gasteiger partial charge in [0.15, 0.2) is 23.3 Å². The summed E-state index contributed by atoms with van der Waals surface area (Å²) in [5.74, 6) is -9.63. The number of halogens is 5. The molecule has 100 valence electrons. The minimum absolute atomic E-state index is 0.0478. The van der Waals surface area contributed by atoms with Gasteiger partial charge in [0, 0.05) is 11.6 Å². The molecule has 1 unspecified atom stereocenters. The van der Waals surface area contributed by atoms with Crippen LogP contribution in [0.2, 0.25) is 0 Å². The molecule has 1 aromatic rings. The minimum atomic E-state index is -2.15. The van der Waals surface area contributed by atoms with Crippen molar-refractivity contribution < 1.29 is 22.0 Å². The fourth-order valence-corrected chi connectivity index (χ4v) is 1.64. The van der Waals surface area contributed by atoms with Crippen molar-refractivity contribution in [3.8, 4) is 0 Å². The van der Waals surface area contributed by atoms with E-state index in [9.17, 15) is 22.0 Å². The highest BCUT2D eigenvalue weighted by Crippen LogP contribution is 2.29. The maximum absolute atomic E-state index is 13.5. The van der Waals surface area contributed by atoms with Gasteiger partial charge in [-0.25, -0.2) is 22.0 Å². The molecule has 0 aromatic heterocycles. The van der Waals surface area contributed by atoms with Crippen LogP contribution in [0.1, 0.15) is 24.9 Å². The highest BCUT2D eigenvalue weighted by atomic mass is 19.2. The Bertz CT molecular complexity index is 429. The van der Waals surface area contributed by atoms with Gasteiger partial charge < -0.3 is 5.32 Å². The van der Waals surface area contributed by atoms with Crippen LogP contribution >= 0.6 is 0 Å². The summed E-state index contributed by atoms with van der Waals surface area (Å²) in [6.45, 7) is 5.36. The summed E-state index contributed by atoms with van der Waals surface area (Å²) < 4.78 is 65.9. The van der Waals surface area contributed by atoms with Crippen molar-refractivity contribution in [1.82, 2.24) is 5.32 Å². The molecular weight excluding hydrogens is 253 g/mol. The third kappa shape index (κ3) is 2.53. The van der Waals surface area contributed by atoms with Gasteiger partial charge in [-0.3, -0.25) is 0 Å². The predicted molar refractivity (Wildman–Crippen MR) is 57.5 cm³/mol. The highest BCUT2D eigenvalue weighted by Gasteiger charge is 2.29. The van der Waals surface area contributed by atoms with E-state index in [0.717, 1.165) is 0 Å². The zero-order valence-corrected chi connectivity index (χ0v) is 9.67. The second kappa shape index (κ2) is 5.95. The summed E-state index contributed by atoms with van der Waals surface area (Å²) in [6.07, 6.45) is 1.39. The van der Waals surface area contributed by atoms with Crippen molar-refractivity contribution in [3.05, 3.63) is 47.3 Å². The molecular formula is C12H12F5N. The third-order valence-corrected chi connectivity index (χ3v) is 2.45. The van der Waals surface area contributed by atoms with Crippen LogP contribution in [-0.4, -0.2) is 6.54 Å². The molecule has 0 radical (unpaired) electrons. The lowest BCUT2D eigenvalue weighted by Crippen LogP contribution is -2.24. The molecule has 0 aliphatic rings. The lowest BCUT2D eigenvalue weighted by atomic mass is 10.0. The van der Waals surface area contributed by atoms with Crippen LogP contribution in [0.5, 0.6) is 0 Å². The van der Waals surface area contributed by atoms with E-state index in [1.807, 2.05) is 0 Å². The van der Waals surface area contributed by atoms with E-state index in [1.165, 1.54) is 6.08 Å². The molecule has 1 nitrogen and oxygen atoms in total. The molecule has 0 fully saturated rings. The minimum Gasteiger partial charge on any atom is -0.310 e. The molecule has 0 aliphatic heterocycles. The molecule has 0 spiro atoms. The van der Waals surface area contributed by atoms with Crippen molar-refractivity contribution in [3.63, 3.8) is 0 Å². The topological polar surface area (TPSA) is 12.0 Å². The van der Waals surface area contributed by atoms with E-state index >= 15 is 0 Å². The maximum atomic E-state index is 13.5. The van der Waals surface area contributed by atoms with Crippen molar-refractivity contribution in [2.75, 3.05) is 6.54 Å². The van der Waals surface area contributed by atoms with E-state index in [-0.39, 0.29) is 6.42 Å². The zero-order valence-electron chi connectivity index (χ0n) is 9.67. The first kappa shape index (κ1) is 14.6. The Labute approximate surface area is 101 Å². The summed E-state index contributed by atoms with van der Waals surface area (Å²) >= 11 is 0. The summed E-state index contributed by atoms with van der Waals surface area (Å²) in [5, 5.41) is 2.65. The fraction of sp³-hybridized carbons (Fsp3) is 0.333. The summed E-state index contributed by atoms with van der Waals surface area (Å²) in [6, 6.07) is -1.00. The van der Waals surface area contributed by atoms with E-state index in [1.54, 1.807) is 6.92 Å². The SMILES string of the molecule is C=CCC(NCC)c1c(F)c(F)c(F)c(F)c1F. The fourth-order valence-electron chi connectivity index (χ4n) is 1.64. The number of hydrogen-bond donors (Lipinski definition) is 1. The molecule has 0 heterocycles. The van der Waals surface area contributed by atoms with Gasteiger partial charge in [-0.15, -0.1) is 6.58 Å². The van der Waals surface area contributed by atoms with Crippen molar-refractivity contribution >= 4 is 0 Å². The summed E-state index contributed by atoms with van der Waals surface area (Å²) in [7, 11) is 0. The highest BCUT2D eigenvalue weighted by molar-refractivity contribution is 5.27. The Morgan fingerprint density at radius 2 is 1.44 bits per heavy atom. The van der Waals surface area contributed by atoms with E-state index < -0.39 is 40.7 Å². The Morgan fingerprint density at radius 3 is 1.83 bits per heavy atom. The van der Waals surface area contributed by atoms with Crippen LogP contribution in [0, 0.1) is 29.1 Å². The van der Waals surface area contributed by atoms with Gasteiger partial charge >= 0.3 is 0 Å². The lowest BCUT2D eigenvalue weighted by molar-refractivity contribution is 0.357. The lowest BCUT2D eigenvalue weighted by Gasteiger charge is -2.18. The first-order valence-corrected chi connectivity index (χ1v) is 5.31. The molecule has 0 saturated heterocycles. The molecule has 1 atom stereocenters. The summed E-state index contributed by atoms with van der Waals surface area (Å²) in [4.78, 5) is 0. The van der Waals surface area contributed by atoms with E-state index in [4.69, 9.17) is 0 Å². The van der Waals surface area contributed by atoms with E-state index in [2.05, 4.69) is 11.9 Å². The van der Waals surface area contributed by atoms with Crippen molar-refractivity contribution in [2.45, 2.75) is 19.4 Å². The zero-order chi connectivity index (χ0) is 13.9. The number of benzene rings is 1. The molecule has 0 bridgehead atoms. The van der Waals surface area contributed by atoms with Gasteiger partial charge in [0.1, 0.15) is 0 Å². The van der Waals surface area contributed by atoms with Crippen molar-refractivity contribution in [2.24, 2.45) is 0 Å². The number of rotatable bonds is 5. The molecule has 1 N–H and O–H groups in total. The molecule has 1 aromatic carbocycles. The van der Waals surface area contributed by atoms with Gasteiger partial charge in [0.2, 0.25) is 5.82 Å². The van der Waals surface area contributed by atoms with Gasteiger partial charge in [-0.1, -0.05) is 13.0 Å². The predicted octanol–water partition coefficient (Wildman–Crippen LogP) is 3.61. The largest absolute Gasteiger partial charge is 0.310 e. The van der Waals surface area contributed by atoms with Crippen LogP contribution in [0.25, 0.3) is 0 Å². The molecule has 0 aliphatic carbocycles. The Kier molecular flexibility index (Phi) is 4.84. The van der Waals surface area contributed by atoms with Crippen LogP contribution in [0.4, 0.5) is 22.0 Å². The molecule has 6 heteroatoms. The van der Waals surface area contributed by atoms with Crippen LogP contribution in [-0.2, 0) is 0 Å². The summed E-state index contributed by atoms with van der Waals surface area (Å²) in [5.41, 5.74) is -0.854. The molecule has 0 saturated carbocycles. The van der Waals surface area contributed by atoms with Gasteiger partial charge in [-0.05, 0) is 13.0 Å². The number of hydrogen-bond acceptors (Lipinski definition) is 1. The average molecular weight is 265 g/mol. The second-order valence-corrected chi connectivity index (χ2v) is 3.62.